The van der Waals surface area contributed by atoms with Crippen LogP contribution in [-0.4, -0.2) is 33.2 Å². The number of hydrogen-bond acceptors (Lipinski definition) is 6. The van der Waals surface area contributed by atoms with Gasteiger partial charge in [-0.05, 0) is 20.3 Å². The fourth-order valence-electron chi connectivity index (χ4n) is 2.02. The van der Waals surface area contributed by atoms with Crippen LogP contribution in [0.3, 0.4) is 0 Å². The molecule has 0 saturated carbocycles. The van der Waals surface area contributed by atoms with Gasteiger partial charge in [-0.15, -0.1) is 21.5 Å². The number of hydrogen-bond donors (Lipinski definition) is 1. The highest BCUT2D eigenvalue weighted by Gasteiger charge is 2.21. The predicted molar refractivity (Wildman–Crippen MR) is 95.2 cm³/mol. The third-order valence-corrected chi connectivity index (χ3v) is 5.60. The van der Waals surface area contributed by atoms with E-state index in [0.717, 1.165) is 28.6 Å². The van der Waals surface area contributed by atoms with Crippen LogP contribution in [-0.2, 0) is 6.42 Å². The molecule has 0 unspecified atom stereocenters. The zero-order valence-electron chi connectivity index (χ0n) is 14.0. The van der Waals surface area contributed by atoms with Gasteiger partial charge in [-0.1, -0.05) is 31.1 Å². The summed E-state index contributed by atoms with van der Waals surface area (Å²) < 4.78 is 0. The smallest absolute Gasteiger partial charge is 0.318 e. The maximum absolute atomic E-state index is 12.3. The molecule has 0 bridgehead atoms. The Bertz CT molecular complexity index is 639. The fraction of sp³-hybridized carbons (Fsp3) is 0.600. The summed E-state index contributed by atoms with van der Waals surface area (Å²) in [6.45, 7) is 6.09. The highest BCUT2D eigenvalue weighted by atomic mass is 32.1. The number of thiazole rings is 1. The monoisotopic (exact) mass is 353 g/mol. The molecule has 0 saturated heterocycles. The van der Waals surface area contributed by atoms with Gasteiger partial charge in [0.25, 0.3) is 0 Å². The maximum atomic E-state index is 12.3. The van der Waals surface area contributed by atoms with Crippen molar-refractivity contribution >= 4 is 33.8 Å². The molecule has 23 heavy (non-hydrogen) atoms. The number of aromatic nitrogens is 3. The van der Waals surface area contributed by atoms with Gasteiger partial charge in [0, 0.05) is 24.5 Å². The molecule has 1 N–H and O–H groups in total. The van der Waals surface area contributed by atoms with Gasteiger partial charge in [0.2, 0.25) is 5.13 Å². The molecule has 6 nitrogen and oxygen atoms in total. The minimum absolute atomic E-state index is 0.0781. The first-order valence-electron chi connectivity index (χ1n) is 7.79. The van der Waals surface area contributed by atoms with Crippen LogP contribution in [0.5, 0.6) is 0 Å². The van der Waals surface area contributed by atoms with Crippen LogP contribution in [0.1, 0.15) is 54.9 Å². The number of carbonyl (C=O) groups is 1. The van der Waals surface area contributed by atoms with Crippen molar-refractivity contribution < 1.29 is 4.79 Å². The van der Waals surface area contributed by atoms with E-state index in [1.54, 1.807) is 23.3 Å². The molecule has 2 amide bonds. The number of aryl methyl sites for hydroxylation is 2. The number of anilines is 1. The van der Waals surface area contributed by atoms with Crippen LogP contribution < -0.4 is 5.32 Å². The van der Waals surface area contributed by atoms with E-state index in [0.29, 0.717) is 5.13 Å². The lowest BCUT2D eigenvalue weighted by Gasteiger charge is -2.22. The molecule has 2 aromatic rings. The van der Waals surface area contributed by atoms with Crippen molar-refractivity contribution in [1.82, 2.24) is 20.1 Å². The molecule has 8 heteroatoms. The van der Waals surface area contributed by atoms with Gasteiger partial charge in [0.05, 0.1) is 6.04 Å². The van der Waals surface area contributed by atoms with Crippen molar-refractivity contribution in [3.63, 3.8) is 0 Å². The Morgan fingerprint density at radius 2 is 2.17 bits per heavy atom. The van der Waals surface area contributed by atoms with E-state index in [2.05, 4.69) is 27.4 Å². The van der Waals surface area contributed by atoms with Gasteiger partial charge in [-0.3, -0.25) is 5.32 Å². The second-order valence-electron chi connectivity index (χ2n) is 5.50. The Morgan fingerprint density at radius 1 is 1.39 bits per heavy atom. The molecule has 0 aromatic carbocycles. The zero-order valence-corrected chi connectivity index (χ0v) is 15.6. The number of carbonyl (C=O) groups excluding carboxylic acids is 1. The standard InChI is InChI=1S/C15H23N5OS2/c1-5-6-7-8-12-18-19-14(23-12)17-15(21)20(4)11(3)13-16-10(2)9-22-13/h9,11H,5-8H2,1-4H3,(H,17,19,21)/t11-/m0/s1. The summed E-state index contributed by atoms with van der Waals surface area (Å²) in [4.78, 5) is 18.4. The quantitative estimate of drug-likeness (QED) is 0.755. The number of urea groups is 1. The van der Waals surface area contributed by atoms with Crippen molar-refractivity contribution in [2.45, 2.75) is 52.5 Å². The minimum atomic E-state index is -0.193. The molecule has 0 fully saturated rings. The van der Waals surface area contributed by atoms with Crippen LogP contribution in [0, 0.1) is 6.92 Å². The minimum Gasteiger partial charge on any atom is -0.318 e. The van der Waals surface area contributed by atoms with Crippen LogP contribution in [0.25, 0.3) is 0 Å². The number of nitrogens with zero attached hydrogens (tertiary/aromatic N) is 4. The topological polar surface area (TPSA) is 71.0 Å². The average Bonchev–Trinajstić information content (AvgIpc) is 3.15. The van der Waals surface area contributed by atoms with E-state index in [4.69, 9.17) is 0 Å². The molecule has 2 rings (SSSR count). The van der Waals surface area contributed by atoms with E-state index < -0.39 is 0 Å². The Hall–Kier alpha value is -1.54. The summed E-state index contributed by atoms with van der Waals surface area (Å²) in [7, 11) is 1.76. The van der Waals surface area contributed by atoms with Gasteiger partial charge >= 0.3 is 6.03 Å². The number of unbranched alkanes of at least 4 members (excludes halogenated alkanes) is 2. The van der Waals surface area contributed by atoms with Crippen molar-refractivity contribution in [3.05, 3.63) is 21.1 Å². The first-order valence-corrected chi connectivity index (χ1v) is 9.49. The number of nitrogens with one attached hydrogen (secondary N) is 1. The number of amides is 2. The first kappa shape index (κ1) is 17.8. The second kappa shape index (κ2) is 8.35. The van der Waals surface area contributed by atoms with Crippen LogP contribution in [0.15, 0.2) is 5.38 Å². The Morgan fingerprint density at radius 3 is 2.83 bits per heavy atom. The van der Waals surface area contributed by atoms with Crippen molar-refractivity contribution in [3.8, 4) is 0 Å². The largest absolute Gasteiger partial charge is 0.324 e. The number of rotatable bonds is 7. The van der Waals surface area contributed by atoms with Gasteiger partial charge in [-0.25, -0.2) is 9.78 Å². The Balaban J connectivity index is 1.90. The van der Waals surface area contributed by atoms with Gasteiger partial charge < -0.3 is 4.90 Å². The molecular formula is C15H23N5OS2. The van der Waals surface area contributed by atoms with Gasteiger partial charge in [0.1, 0.15) is 10.0 Å². The second-order valence-corrected chi connectivity index (χ2v) is 7.45. The summed E-state index contributed by atoms with van der Waals surface area (Å²) in [5, 5.41) is 15.4. The van der Waals surface area contributed by atoms with E-state index in [9.17, 15) is 4.79 Å². The van der Waals surface area contributed by atoms with E-state index >= 15 is 0 Å². The fourth-order valence-corrected chi connectivity index (χ4v) is 3.68. The van der Waals surface area contributed by atoms with Crippen molar-refractivity contribution in [1.29, 1.82) is 0 Å². The SMILES string of the molecule is CCCCCc1nnc(NC(=O)N(C)[C@@H](C)c2nc(C)cs2)s1. The van der Waals surface area contributed by atoms with Crippen molar-refractivity contribution in [2.24, 2.45) is 0 Å². The first-order chi connectivity index (χ1) is 11.0. The van der Waals surface area contributed by atoms with Gasteiger partial charge in [-0.2, -0.15) is 0 Å². The lowest BCUT2D eigenvalue weighted by molar-refractivity contribution is 0.208. The van der Waals surface area contributed by atoms with Crippen LogP contribution in [0.4, 0.5) is 9.93 Å². The van der Waals surface area contributed by atoms with E-state index in [1.807, 2.05) is 19.2 Å². The molecular weight excluding hydrogens is 330 g/mol. The van der Waals surface area contributed by atoms with Crippen LogP contribution in [0.2, 0.25) is 0 Å². The molecule has 0 aliphatic rings. The molecule has 0 spiro atoms. The van der Waals surface area contributed by atoms with Gasteiger partial charge in [0.15, 0.2) is 0 Å². The average molecular weight is 354 g/mol. The molecule has 1 atom stereocenters. The molecule has 2 heterocycles. The van der Waals surface area contributed by atoms with Crippen LogP contribution >= 0.6 is 22.7 Å². The summed E-state index contributed by atoms with van der Waals surface area (Å²) >= 11 is 3.01. The van der Waals surface area contributed by atoms with Crippen molar-refractivity contribution in [2.75, 3.05) is 12.4 Å². The Kier molecular flexibility index (Phi) is 6.47. The third-order valence-electron chi connectivity index (χ3n) is 3.57. The maximum Gasteiger partial charge on any atom is 0.324 e. The predicted octanol–water partition coefficient (Wildman–Crippen LogP) is 4.26. The highest BCUT2D eigenvalue weighted by molar-refractivity contribution is 7.15. The lowest BCUT2D eigenvalue weighted by Crippen LogP contribution is -2.33. The Labute approximate surface area is 145 Å². The highest BCUT2D eigenvalue weighted by Crippen LogP contribution is 2.24. The van der Waals surface area contributed by atoms with E-state index in [-0.39, 0.29) is 12.1 Å². The summed E-state index contributed by atoms with van der Waals surface area (Å²) in [6, 6.07) is -0.271. The zero-order chi connectivity index (χ0) is 16.8. The normalized spacial score (nSPS) is 12.2. The molecule has 2 aromatic heterocycles. The lowest BCUT2D eigenvalue weighted by atomic mass is 10.2. The summed E-state index contributed by atoms with van der Waals surface area (Å²) in [6.07, 6.45) is 4.40. The molecule has 126 valence electrons. The molecule has 0 aliphatic heterocycles. The van der Waals surface area contributed by atoms with E-state index in [1.165, 1.54) is 24.2 Å². The third kappa shape index (κ3) is 4.97. The summed E-state index contributed by atoms with van der Waals surface area (Å²) in [5.74, 6) is 0. The molecule has 0 radical (unpaired) electrons. The summed E-state index contributed by atoms with van der Waals surface area (Å²) in [5.41, 5.74) is 0.978. The molecule has 0 aliphatic carbocycles.